The maximum Gasteiger partial charge on any atom is 0.141 e. The summed E-state index contributed by atoms with van der Waals surface area (Å²) < 4.78 is 18.1. The Balaban J connectivity index is 2.41. The largest absolute Gasteiger partial charge is 0.496 e. The van der Waals surface area contributed by atoms with Gasteiger partial charge in [0.05, 0.1) is 25.0 Å². The van der Waals surface area contributed by atoms with Crippen molar-refractivity contribution in [2.24, 2.45) is 5.84 Å². The van der Waals surface area contributed by atoms with E-state index in [-0.39, 0.29) is 11.9 Å². The van der Waals surface area contributed by atoms with E-state index in [1.54, 1.807) is 13.2 Å². The van der Waals surface area contributed by atoms with Crippen LogP contribution in [0.3, 0.4) is 0 Å². The van der Waals surface area contributed by atoms with Gasteiger partial charge in [-0.2, -0.15) is 0 Å². The number of methoxy groups -OCH3 is 1. The summed E-state index contributed by atoms with van der Waals surface area (Å²) in [5.74, 6) is 5.88. The second kappa shape index (κ2) is 5.57. The Hall–Kier alpha value is -1.98. The van der Waals surface area contributed by atoms with Crippen LogP contribution in [0.15, 0.2) is 42.6 Å². The van der Waals surface area contributed by atoms with Gasteiger partial charge in [0.1, 0.15) is 11.6 Å². The molecular formula is C13H14FN3O. The van der Waals surface area contributed by atoms with Gasteiger partial charge < -0.3 is 4.74 Å². The van der Waals surface area contributed by atoms with Gasteiger partial charge in [0.25, 0.3) is 0 Å². The lowest BCUT2D eigenvalue weighted by Gasteiger charge is -2.18. The number of nitrogens with two attached hydrogens (primary N) is 1. The van der Waals surface area contributed by atoms with E-state index in [4.69, 9.17) is 10.6 Å². The Bertz CT molecular complexity index is 516. The quantitative estimate of drug-likeness (QED) is 0.638. The molecule has 1 unspecified atom stereocenters. The Morgan fingerprint density at radius 1 is 1.28 bits per heavy atom. The maximum absolute atomic E-state index is 12.9. The molecular weight excluding hydrogens is 233 g/mol. The number of nitrogens with zero attached hydrogens (tertiary/aromatic N) is 1. The first kappa shape index (κ1) is 12.5. The molecule has 0 radical (unpaired) electrons. The summed E-state index contributed by atoms with van der Waals surface area (Å²) in [4.78, 5) is 4.03. The zero-order valence-corrected chi connectivity index (χ0v) is 9.93. The molecule has 5 heteroatoms. The van der Waals surface area contributed by atoms with Crippen molar-refractivity contribution in [1.29, 1.82) is 0 Å². The zero-order chi connectivity index (χ0) is 13.0. The minimum Gasteiger partial charge on any atom is -0.496 e. The van der Waals surface area contributed by atoms with Crippen molar-refractivity contribution in [3.05, 3.63) is 59.7 Å². The van der Waals surface area contributed by atoms with Crippen LogP contribution in [-0.4, -0.2) is 12.1 Å². The van der Waals surface area contributed by atoms with Crippen molar-refractivity contribution in [2.45, 2.75) is 6.04 Å². The van der Waals surface area contributed by atoms with Crippen LogP contribution in [-0.2, 0) is 0 Å². The molecule has 0 aliphatic rings. The van der Waals surface area contributed by atoms with Gasteiger partial charge in [-0.05, 0) is 18.2 Å². The van der Waals surface area contributed by atoms with Crippen molar-refractivity contribution < 1.29 is 9.13 Å². The number of benzene rings is 1. The topological polar surface area (TPSA) is 60.2 Å². The molecule has 0 aliphatic heterocycles. The summed E-state index contributed by atoms with van der Waals surface area (Å²) in [7, 11) is 1.59. The smallest absolute Gasteiger partial charge is 0.141 e. The standard InChI is InChI=1S/C13H14FN3O/c1-18-12-5-3-2-4-10(12)13(17-15)11-7-6-9(14)8-16-11/h2-8,13,17H,15H2,1H3. The van der Waals surface area contributed by atoms with E-state index in [1.807, 2.05) is 24.3 Å². The summed E-state index contributed by atoms with van der Waals surface area (Å²) in [6.07, 6.45) is 1.16. The molecule has 0 saturated heterocycles. The first-order valence-corrected chi connectivity index (χ1v) is 5.46. The van der Waals surface area contributed by atoms with Gasteiger partial charge >= 0.3 is 0 Å². The second-order valence-electron chi connectivity index (χ2n) is 3.74. The third kappa shape index (κ3) is 2.47. The third-order valence-electron chi connectivity index (χ3n) is 2.66. The number of rotatable bonds is 4. The zero-order valence-electron chi connectivity index (χ0n) is 9.93. The number of halogens is 1. The molecule has 94 valence electrons. The summed E-state index contributed by atoms with van der Waals surface area (Å²) in [5.41, 5.74) is 4.14. The fourth-order valence-corrected chi connectivity index (χ4v) is 1.80. The normalized spacial score (nSPS) is 12.2. The van der Waals surface area contributed by atoms with E-state index in [9.17, 15) is 4.39 Å². The average molecular weight is 247 g/mol. The second-order valence-corrected chi connectivity index (χ2v) is 3.74. The first-order chi connectivity index (χ1) is 8.76. The minimum absolute atomic E-state index is 0.346. The predicted octanol–water partition coefficient (Wildman–Crippen LogP) is 1.78. The monoisotopic (exact) mass is 247 g/mol. The Kier molecular flexibility index (Phi) is 3.86. The Morgan fingerprint density at radius 3 is 2.67 bits per heavy atom. The van der Waals surface area contributed by atoms with Crippen molar-refractivity contribution in [1.82, 2.24) is 10.4 Å². The number of hydrogen-bond donors (Lipinski definition) is 2. The number of ether oxygens (including phenoxy) is 1. The fourth-order valence-electron chi connectivity index (χ4n) is 1.80. The van der Waals surface area contributed by atoms with Crippen molar-refractivity contribution >= 4 is 0 Å². The van der Waals surface area contributed by atoms with Gasteiger partial charge in [0, 0.05) is 5.56 Å². The van der Waals surface area contributed by atoms with E-state index in [0.717, 1.165) is 11.8 Å². The molecule has 1 atom stereocenters. The predicted molar refractivity (Wildman–Crippen MR) is 66.4 cm³/mol. The molecule has 0 spiro atoms. The van der Waals surface area contributed by atoms with Crippen LogP contribution in [0.25, 0.3) is 0 Å². The molecule has 2 rings (SSSR count). The molecule has 0 fully saturated rings. The molecule has 4 nitrogen and oxygen atoms in total. The molecule has 0 saturated carbocycles. The SMILES string of the molecule is COc1ccccc1C(NN)c1ccc(F)cn1. The van der Waals surface area contributed by atoms with Gasteiger partial charge in [-0.3, -0.25) is 10.8 Å². The number of nitrogens with one attached hydrogen (secondary N) is 1. The molecule has 0 aliphatic carbocycles. The molecule has 0 bridgehead atoms. The van der Waals surface area contributed by atoms with Crippen molar-refractivity contribution in [2.75, 3.05) is 7.11 Å². The first-order valence-electron chi connectivity index (χ1n) is 5.46. The molecule has 0 amide bonds. The maximum atomic E-state index is 12.9. The summed E-state index contributed by atoms with van der Waals surface area (Å²) in [6.45, 7) is 0. The van der Waals surface area contributed by atoms with E-state index in [1.165, 1.54) is 6.07 Å². The number of hydrazine groups is 1. The van der Waals surface area contributed by atoms with Crippen LogP contribution < -0.4 is 16.0 Å². The highest BCUT2D eigenvalue weighted by atomic mass is 19.1. The third-order valence-corrected chi connectivity index (χ3v) is 2.66. The van der Waals surface area contributed by atoms with Gasteiger partial charge in [0.2, 0.25) is 0 Å². The number of aromatic nitrogens is 1. The number of hydrogen-bond acceptors (Lipinski definition) is 4. The fraction of sp³-hybridized carbons (Fsp3) is 0.154. The highest BCUT2D eigenvalue weighted by molar-refractivity contribution is 5.39. The Labute approximate surface area is 105 Å². The van der Waals surface area contributed by atoms with E-state index in [2.05, 4.69) is 10.4 Å². The van der Waals surface area contributed by atoms with E-state index < -0.39 is 0 Å². The molecule has 2 aromatic rings. The van der Waals surface area contributed by atoms with Crippen LogP contribution in [0, 0.1) is 5.82 Å². The lowest BCUT2D eigenvalue weighted by molar-refractivity contribution is 0.403. The lowest BCUT2D eigenvalue weighted by Crippen LogP contribution is -2.29. The molecule has 3 N–H and O–H groups in total. The van der Waals surface area contributed by atoms with Gasteiger partial charge in [-0.15, -0.1) is 0 Å². The van der Waals surface area contributed by atoms with Crippen molar-refractivity contribution in [3.8, 4) is 5.75 Å². The van der Waals surface area contributed by atoms with E-state index in [0.29, 0.717) is 11.4 Å². The van der Waals surface area contributed by atoms with Crippen molar-refractivity contribution in [3.63, 3.8) is 0 Å². The minimum atomic E-state index is -0.380. The number of para-hydroxylation sites is 1. The highest BCUT2D eigenvalue weighted by Crippen LogP contribution is 2.28. The van der Waals surface area contributed by atoms with Gasteiger partial charge in [-0.1, -0.05) is 18.2 Å². The van der Waals surface area contributed by atoms with Crippen LogP contribution >= 0.6 is 0 Å². The molecule has 1 aromatic heterocycles. The Morgan fingerprint density at radius 2 is 2.06 bits per heavy atom. The van der Waals surface area contributed by atoms with Gasteiger partial charge in [-0.25, -0.2) is 9.82 Å². The summed E-state index contributed by atoms with van der Waals surface area (Å²) >= 11 is 0. The van der Waals surface area contributed by atoms with Crippen LogP contribution in [0.4, 0.5) is 4.39 Å². The van der Waals surface area contributed by atoms with Crippen LogP contribution in [0.2, 0.25) is 0 Å². The highest BCUT2D eigenvalue weighted by Gasteiger charge is 2.17. The van der Waals surface area contributed by atoms with E-state index >= 15 is 0 Å². The van der Waals surface area contributed by atoms with Gasteiger partial charge in [0.15, 0.2) is 0 Å². The number of pyridine rings is 1. The molecule has 18 heavy (non-hydrogen) atoms. The summed E-state index contributed by atoms with van der Waals surface area (Å²) in [6, 6.07) is 10.1. The molecule has 1 aromatic carbocycles. The van der Waals surface area contributed by atoms with Crippen LogP contribution in [0.5, 0.6) is 5.75 Å². The summed E-state index contributed by atoms with van der Waals surface area (Å²) in [5, 5.41) is 0. The van der Waals surface area contributed by atoms with Crippen LogP contribution in [0.1, 0.15) is 17.3 Å². The molecule has 1 heterocycles. The average Bonchev–Trinajstić information content (AvgIpc) is 2.42. The lowest BCUT2D eigenvalue weighted by atomic mass is 10.0.